The molecule has 0 amide bonds. The van der Waals surface area contributed by atoms with E-state index in [-0.39, 0.29) is 0 Å². The van der Waals surface area contributed by atoms with Gasteiger partial charge in [-0.15, -0.1) is 35.7 Å². The standard InChI is InChI=1S/C10H10S3/c1-6-3-4-7-9(10(6)11)8(12-2)5-13-7/h3-5,11H,1-2H3. The molecule has 0 fully saturated rings. The Hall–Kier alpha value is -0.120. The van der Waals surface area contributed by atoms with Crippen LogP contribution in [0.25, 0.3) is 10.1 Å². The number of benzene rings is 1. The van der Waals surface area contributed by atoms with Crippen LogP contribution in [-0.2, 0) is 0 Å². The van der Waals surface area contributed by atoms with Crippen molar-refractivity contribution in [1.82, 2.24) is 0 Å². The molecule has 1 aromatic heterocycles. The predicted molar refractivity (Wildman–Crippen MR) is 65.6 cm³/mol. The Morgan fingerprint density at radius 2 is 2.15 bits per heavy atom. The van der Waals surface area contributed by atoms with Crippen molar-refractivity contribution in [2.24, 2.45) is 0 Å². The number of thiophene rings is 1. The SMILES string of the molecule is CSc1csc2ccc(C)c(S)c12. The third-order valence-electron chi connectivity index (χ3n) is 2.10. The summed E-state index contributed by atoms with van der Waals surface area (Å²) in [4.78, 5) is 2.47. The lowest BCUT2D eigenvalue weighted by molar-refractivity contribution is 1.35. The lowest BCUT2D eigenvalue weighted by Crippen LogP contribution is -1.77. The zero-order valence-corrected chi connectivity index (χ0v) is 10.0. The molecule has 0 radical (unpaired) electrons. The fourth-order valence-electron chi connectivity index (χ4n) is 1.34. The summed E-state index contributed by atoms with van der Waals surface area (Å²) >= 11 is 8.13. The number of rotatable bonds is 1. The quantitative estimate of drug-likeness (QED) is 0.561. The molecule has 68 valence electrons. The highest BCUT2D eigenvalue weighted by Gasteiger charge is 2.07. The van der Waals surface area contributed by atoms with E-state index in [1.54, 1.807) is 23.1 Å². The Morgan fingerprint density at radius 3 is 2.85 bits per heavy atom. The van der Waals surface area contributed by atoms with Crippen LogP contribution in [0, 0.1) is 6.92 Å². The van der Waals surface area contributed by atoms with Crippen molar-refractivity contribution in [2.75, 3.05) is 6.26 Å². The van der Waals surface area contributed by atoms with Crippen molar-refractivity contribution in [3.8, 4) is 0 Å². The fraction of sp³-hybridized carbons (Fsp3) is 0.200. The smallest absolute Gasteiger partial charge is 0.0365 e. The summed E-state index contributed by atoms with van der Waals surface area (Å²) in [7, 11) is 0. The maximum Gasteiger partial charge on any atom is 0.0365 e. The molecule has 0 aliphatic heterocycles. The molecule has 0 unspecified atom stereocenters. The minimum Gasteiger partial charge on any atom is -0.143 e. The Labute approximate surface area is 91.8 Å². The van der Waals surface area contributed by atoms with Gasteiger partial charge in [0.25, 0.3) is 0 Å². The van der Waals surface area contributed by atoms with E-state index in [9.17, 15) is 0 Å². The third kappa shape index (κ3) is 1.49. The molecule has 0 aliphatic rings. The summed E-state index contributed by atoms with van der Waals surface area (Å²) in [6.45, 7) is 2.10. The minimum atomic E-state index is 1.13. The van der Waals surface area contributed by atoms with Crippen LogP contribution in [0.2, 0.25) is 0 Å². The van der Waals surface area contributed by atoms with Crippen LogP contribution in [0.3, 0.4) is 0 Å². The van der Waals surface area contributed by atoms with Crippen LogP contribution in [-0.4, -0.2) is 6.26 Å². The normalized spacial score (nSPS) is 11.0. The number of hydrogen-bond donors (Lipinski definition) is 1. The van der Waals surface area contributed by atoms with Gasteiger partial charge in [0.05, 0.1) is 0 Å². The van der Waals surface area contributed by atoms with Gasteiger partial charge in [-0.25, -0.2) is 0 Å². The van der Waals surface area contributed by atoms with Gasteiger partial charge in [-0.05, 0) is 24.8 Å². The van der Waals surface area contributed by atoms with Crippen LogP contribution in [0.4, 0.5) is 0 Å². The summed E-state index contributed by atoms with van der Waals surface area (Å²) < 4.78 is 1.33. The number of hydrogen-bond acceptors (Lipinski definition) is 3. The molecule has 0 N–H and O–H groups in total. The van der Waals surface area contributed by atoms with E-state index in [1.807, 2.05) is 0 Å². The number of fused-ring (bicyclic) bond motifs is 1. The molecule has 0 bridgehead atoms. The molecule has 2 rings (SSSR count). The van der Waals surface area contributed by atoms with Crippen LogP contribution >= 0.6 is 35.7 Å². The van der Waals surface area contributed by atoms with Crippen LogP contribution in [0.1, 0.15) is 5.56 Å². The maximum atomic E-state index is 4.55. The first-order chi connectivity index (χ1) is 6.24. The first-order valence-electron chi connectivity index (χ1n) is 3.98. The summed E-state index contributed by atoms with van der Waals surface area (Å²) in [6, 6.07) is 4.31. The number of aryl methyl sites for hydroxylation is 1. The Bertz CT molecular complexity index is 443. The van der Waals surface area contributed by atoms with E-state index in [0.717, 1.165) is 4.90 Å². The average Bonchev–Trinajstić information content (AvgIpc) is 2.55. The van der Waals surface area contributed by atoms with E-state index >= 15 is 0 Å². The van der Waals surface area contributed by atoms with Crippen LogP contribution in [0.5, 0.6) is 0 Å². The molecule has 1 heterocycles. The van der Waals surface area contributed by atoms with Crippen molar-refractivity contribution >= 4 is 45.8 Å². The van der Waals surface area contributed by atoms with E-state index in [1.165, 1.54) is 20.5 Å². The molecule has 0 aliphatic carbocycles. The highest BCUT2D eigenvalue weighted by Crippen LogP contribution is 2.37. The van der Waals surface area contributed by atoms with Gasteiger partial charge >= 0.3 is 0 Å². The van der Waals surface area contributed by atoms with Crippen molar-refractivity contribution in [3.63, 3.8) is 0 Å². The third-order valence-corrected chi connectivity index (χ3v) is 4.54. The van der Waals surface area contributed by atoms with Gasteiger partial charge in [0.1, 0.15) is 0 Å². The molecule has 0 nitrogen and oxygen atoms in total. The van der Waals surface area contributed by atoms with Gasteiger partial charge in [0.2, 0.25) is 0 Å². The molecule has 2 aromatic rings. The maximum absolute atomic E-state index is 4.55. The first kappa shape index (κ1) is 9.44. The van der Waals surface area contributed by atoms with E-state index in [2.05, 4.69) is 43.3 Å². The van der Waals surface area contributed by atoms with Crippen LogP contribution < -0.4 is 0 Å². The summed E-state index contributed by atoms with van der Waals surface area (Å²) in [5.41, 5.74) is 1.25. The van der Waals surface area contributed by atoms with Gasteiger partial charge in [-0.3, -0.25) is 0 Å². The average molecular weight is 226 g/mol. The van der Waals surface area contributed by atoms with Crippen molar-refractivity contribution in [3.05, 3.63) is 23.1 Å². The second kappa shape index (κ2) is 3.56. The van der Waals surface area contributed by atoms with Gasteiger partial charge in [-0.2, -0.15) is 0 Å². The van der Waals surface area contributed by atoms with E-state index < -0.39 is 0 Å². The first-order valence-corrected chi connectivity index (χ1v) is 6.53. The Balaban J connectivity index is 2.85. The van der Waals surface area contributed by atoms with Gasteiger partial charge < -0.3 is 0 Å². The summed E-state index contributed by atoms with van der Waals surface area (Å²) in [5, 5.41) is 3.52. The molecule has 0 atom stereocenters. The van der Waals surface area contributed by atoms with Gasteiger partial charge in [0.15, 0.2) is 0 Å². The molecular weight excluding hydrogens is 216 g/mol. The predicted octanol–water partition coefficient (Wildman–Crippen LogP) is 4.22. The molecule has 3 heteroatoms. The second-order valence-corrected chi connectivity index (χ2v) is 5.11. The molecule has 13 heavy (non-hydrogen) atoms. The lowest BCUT2D eigenvalue weighted by Gasteiger charge is -2.01. The van der Waals surface area contributed by atoms with E-state index in [0.29, 0.717) is 0 Å². The van der Waals surface area contributed by atoms with Crippen molar-refractivity contribution < 1.29 is 0 Å². The monoisotopic (exact) mass is 226 g/mol. The summed E-state index contributed by atoms with van der Waals surface area (Å²) in [6.07, 6.45) is 2.11. The molecule has 0 spiro atoms. The topological polar surface area (TPSA) is 0 Å². The van der Waals surface area contributed by atoms with Crippen molar-refractivity contribution in [2.45, 2.75) is 16.7 Å². The number of thioether (sulfide) groups is 1. The fourth-order valence-corrected chi connectivity index (χ4v) is 3.64. The van der Waals surface area contributed by atoms with Gasteiger partial charge in [0, 0.05) is 25.3 Å². The van der Waals surface area contributed by atoms with Crippen LogP contribution in [0.15, 0.2) is 27.3 Å². The second-order valence-electron chi connectivity index (χ2n) is 2.91. The molecule has 0 saturated heterocycles. The molecular formula is C10H10S3. The largest absolute Gasteiger partial charge is 0.143 e. The van der Waals surface area contributed by atoms with Gasteiger partial charge in [-0.1, -0.05) is 6.07 Å². The molecule has 1 aromatic carbocycles. The highest BCUT2D eigenvalue weighted by atomic mass is 32.2. The van der Waals surface area contributed by atoms with Crippen molar-refractivity contribution in [1.29, 1.82) is 0 Å². The zero-order valence-electron chi connectivity index (χ0n) is 7.50. The lowest BCUT2D eigenvalue weighted by atomic mass is 10.2. The number of thiol groups is 1. The highest BCUT2D eigenvalue weighted by molar-refractivity contribution is 7.99. The molecule has 0 saturated carbocycles. The Kier molecular flexibility index (Phi) is 2.58. The van der Waals surface area contributed by atoms with E-state index in [4.69, 9.17) is 0 Å². The zero-order chi connectivity index (χ0) is 9.42. The Morgan fingerprint density at radius 1 is 1.38 bits per heavy atom. The summed E-state index contributed by atoms with van der Waals surface area (Å²) in [5.74, 6) is 0. The minimum absolute atomic E-state index is 1.13.